The molecule has 5 heteroatoms. The number of carbonyl (C=O) groups is 3. The average molecular weight is 369 g/mol. The van der Waals surface area contributed by atoms with Gasteiger partial charge in [-0.05, 0) is 26.2 Å². The van der Waals surface area contributed by atoms with Crippen molar-refractivity contribution in [3.05, 3.63) is 0 Å². The van der Waals surface area contributed by atoms with Gasteiger partial charge in [-0.15, -0.1) is 0 Å². The molecule has 5 nitrogen and oxygen atoms in total. The molecule has 0 unspecified atom stereocenters. The Kier molecular flexibility index (Phi) is 11.2. The van der Waals surface area contributed by atoms with Crippen molar-refractivity contribution >= 4 is 17.7 Å². The number of esters is 1. The lowest BCUT2D eigenvalue weighted by atomic mass is 9.89. The van der Waals surface area contributed by atoms with Crippen LogP contribution in [-0.4, -0.2) is 28.9 Å². The van der Waals surface area contributed by atoms with Gasteiger partial charge in [0.15, 0.2) is 0 Å². The van der Waals surface area contributed by atoms with Crippen molar-refractivity contribution in [2.75, 3.05) is 0 Å². The zero-order valence-corrected chi connectivity index (χ0v) is 16.5. The smallest absolute Gasteiger partial charge is 0.311 e. The van der Waals surface area contributed by atoms with E-state index in [0.717, 1.165) is 32.1 Å². The largest absolute Gasteiger partial charge is 0.481 e. The van der Waals surface area contributed by atoms with Gasteiger partial charge in [0.1, 0.15) is 17.8 Å². The van der Waals surface area contributed by atoms with E-state index in [1.54, 1.807) is 13.8 Å². The van der Waals surface area contributed by atoms with E-state index in [9.17, 15) is 19.5 Å². The Morgan fingerprint density at radius 2 is 1.35 bits per heavy atom. The van der Waals surface area contributed by atoms with Crippen LogP contribution in [0, 0.1) is 11.8 Å². The first-order valence-electron chi connectivity index (χ1n) is 10.4. The molecule has 0 aromatic heterocycles. The van der Waals surface area contributed by atoms with Gasteiger partial charge < -0.3 is 14.6 Å². The first kappa shape index (κ1) is 22.7. The van der Waals surface area contributed by atoms with Crippen LogP contribution < -0.4 is 0 Å². The molecule has 1 heterocycles. The van der Waals surface area contributed by atoms with Crippen molar-refractivity contribution in [3.8, 4) is 0 Å². The van der Waals surface area contributed by atoms with Crippen LogP contribution in [0.25, 0.3) is 0 Å². The van der Waals surface area contributed by atoms with Gasteiger partial charge in [-0.1, -0.05) is 64.7 Å². The number of unbranched alkanes of at least 4 members (excludes halogenated alkanes) is 10. The highest BCUT2D eigenvalue weighted by atomic mass is 16.6. The number of hydrogen-bond acceptors (Lipinski definition) is 4. The van der Waals surface area contributed by atoms with E-state index in [4.69, 9.17) is 4.74 Å². The number of hydrogen-bond donors (Lipinski definition) is 1. The predicted octanol–water partition coefficient (Wildman–Crippen LogP) is 4.91. The summed E-state index contributed by atoms with van der Waals surface area (Å²) in [5.41, 5.74) is 0. The molecule has 0 aromatic rings. The second-order valence-corrected chi connectivity index (χ2v) is 7.76. The Bertz CT molecular complexity index is 446. The number of ether oxygens (including phenoxy) is 1. The summed E-state index contributed by atoms with van der Waals surface area (Å²) in [7, 11) is 0. The number of rotatable bonds is 15. The highest BCUT2D eigenvalue weighted by Crippen LogP contribution is 2.31. The lowest BCUT2D eigenvalue weighted by molar-refractivity contribution is -0.144. The molecule has 26 heavy (non-hydrogen) atoms. The van der Waals surface area contributed by atoms with Crippen molar-refractivity contribution in [2.45, 2.75) is 103 Å². The first-order valence-corrected chi connectivity index (χ1v) is 10.4. The van der Waals surface area contributed by atoms with Crippen molar-refractivity contribution in [2.24, 2.45) is 11.8 Å². The fourth-order valence-electron chi connectivity index (χ4n) is 3.72. The molecule has 1 saturated heterocycles. The van der Waals surface area contributed by atoms with Crippen LogP contribution in [0.4, 0.5) is 0 Å². The molecular weight excluding hydrogens is 332 g/mol. The fraction of sp³-hybridized carbons (Fsp3) is 0.857. The summed E-state index contributed by atoms with van der Waals surface area (Å²) >= 11 is 0. The van der Waals surface area contributed by atoms with Gasteiger partial charge in [-0.2, -0.15) is 0 Å². The summed E-state index contributed by atoms with van der Waals surface area (Å²) in [5, 5.41) is 9.24. The molecule has 3 atom stereocenters. The summed E-state index contributed by atoms with van der Waals surface area (Å²) in [5.74, 6) is -2.21. The van der Waals surface area contributed by atoms with E-state index in [-0.39, 0.29) is 5.97 Å². The van der Waals surface area contributed by atoms with Gasteiger partial charge >= 0.3 is 11.9 Å². The van der Waals surface area contributed by atoms with Crippen LogP contribution >= 0.6 is 0 Å². The molecule has 0 spiro atoms. The van der Waals surface area contributed by atoms with Crippen LogP contribution in [0.15, 0.2) is 0 Å². The molecule has 1 aliphatic heterocycles. The van der Waals surface area contributed by atoms with Crippen molar-refractivity contribution in [1.29, 1.82) is 0 Å². The molecule has 1 rings (SSSR count). The monoisotopic (exact) mass is 368 g/mol. The number of ketones is 1. The molecule has 0 saturated carbocycles. The number of carbonyl (C=O) groups excluding carboxylic acids is 2. The van der Waals surface area contributed by atoms with E-state index in [1.807, 2.05) is 0 Å². The van der Waals surface area contributed by atoms with E-state index >= 15 is 0 Å². The van der Waals surface area contributed by atoms with E-state index in [0.29, 0.717) is 12.2 Å². The van der Waals surface area contributed by atoms with Gasteiger partial charge in [-0.25, -0.2) is 0 Å². The number of carboxylic acid groups (broad SMARTS) is 1. The Morgan fingerprint density at radius 3 is 1.81 bits per heavy atom. The number of Topliss-reactive ketones (excluding diaryl/α,β-unsaturated/α-hetero) is 1. The molecular formula is C21H36O5. The maximum Gasteiger partial charge on any atom is 0.311 e. The Hall–Kier alpha value is -1.39. The summed E-state index contributed by atoms with van der Waals surface area (Å²) in [6, 6.07) is 0. The highest BCUT2D eigenvalue weighted by molar-refractivity contribution is 5.84. The van der Waals surface area contributed by atoms with Crippen LogP contribution in [-0.2, 0) is 19.1 Å². The van der Waals surface area contributed by atoms with Gasteiger partial charge in [0.25, 0.3) is 0 Å². The third kappa shape index (κ3) is 8.81. The summed E-state index contributed by atoms with van der Waals surface area (Å²) < 4.78 is 5.22. The van der Waals surface area contributed by atoms with Crippen LogP contribution in [0.3, 0.4) is 0 Å². The number of cyclic esters (lactones) is 1. The summed E-state index contributed by atoms with van der Waals surface area (Å²) in [4.78, 5) is 33.6. The van der Waals surface area contributed by atoms with Crippen LogP contribution in [0.5, 0.6) is 0 Å². The Morgan fingerprint density at radius 1 is 0.885 bits per heavy atom. The van der Waals surface area contributed by atoms with Gasteiger partial charge in [-0.3, -0.25) is 9.59 Å². The third-order valence-electron chi connectivity index (χ3n) is 5.38. The Labute approximate surface area is 157 Å². The molecule has 1 fully saturated rings. The number of aliphatic carboxylic acids is 1. The maximum atomic E-state index is 11.5. The van der Waals surface area contributed by atoms with Crippen LogP contribution in [0.2, 0.25) is 0 Å². The molecule has 0 aromatic carbocycles. The maximum absolute atomic E-state index is 11.5. The molecule has 0 amide bonds. The van der Waals surface area contributed by atoms with Gasteiger partial charge in [0.05, 0.1) is 5.92 Å². The minimum absolute atomic E-state index is 0.295. The van der Waals surface area contributed by atoms with E-state index in [2.05, 4.69) is 0 Å². The zero-order chi connectivity index (χ0) is 19.4. The van der Waals surface area contributed by atoms with Crippen molar-refractivity contribution in [1.82, 2.24) is 0 Å². The van der Waals surface area contributed by atoms with E-state index < -0.39 is 23.9 Å². The average Bonchev–Trinajstić information content (AvgIpc) is 2.86. The second kappa shape index (κ2) is 12.9. The first-order chi connectivity index (χ1) is 12.4. The minimum atomic E-state index is -0.922. The SMILES string of the molecule is CC(=O)CCCCCCCCCCCCC[C@@H]1OC(=O)[C@@H](C)[C@H]1C(=O)O. The van der Waals surface area contributed by atoms with E-state index in [1.165, 1.54) is 44.9 Å². The quantitative estimate of drug-likeness (QED) is 0.328. The summed E-state index contributed by atoms with van der Waals surface area (Å²) in [6.45, 7) is 3.30. The lowest BCUT2D eigenvalue weighted by Gasteiger charge is -2.15. The third-order valence-corrected chi connectivity index (χ3v) is 5.38. The lowest BCUT2D eigenvalue weighted by Crippen LogP contribution is -2.27. The minimum Gasteiger partial charge on any atom is -0.481 e. The highest BCUT2D eigenvalue weighted by Gasteiger charge is 2.45. The molecule has 0 bridgehead atoms. The summed E-state index contributed by atoms with van der Waals surface area (Å²) in [6.07, 6.45) is 13.8. The topological polar surface area (TPSA) is 80.7 Å². The van der Waals surface area contributed by atoms with Gasteiger partial charge in [0, 0.05) is 6.42 Å². The predicted molar refractivity (Wildman–Crippen MR) is 101 cm³/mol. The van der Waals surface area contributed by atoms with Gasteiger partial charge in [0.2, 0.25) is 0 Å². The molecule has 0 radical (unpaired) electrons. The molecule has 1 aliphatic rings. The standard InChI is InChI=1S/C21H36O5/c1-16(22)14-12-10-8-6-4-3-5-7-9-11-13-15-18-19(20(23)24)17(2)21(25)26-18/h17-19H,3-15H2,1-2H3,(H,23,24)/t17-,18-,19+/m0/s1. The Balaban J connectivity index is 1.93. The molecule has 1 N–H and O–H groups in total. The fourth-order valence-corrected chi connectivity index (χ4v) is 3.72. The normalized spacial score (nSPS) is 22.4. The zero-order valence-electron chi connectivity index (χ0n) is 16.5. The second-order valence-electron chi connectivity index (χ2n) is 7.76. The molecule has 0 aliphatic carbocycles. The van der Waals surface area contributed by atoms with Crippen molar-refractivity contribution < 1.29 is 24.2 Å². The molecule has 150 valence electrons. The van der Waals surface area contributed by atoms with Crippen LogP contribution in [0.1, 0.15) is 97.3 Å². The van der Waals surface area contributed by atoms with Crippen molar-refractivity contribution in [3.63, 3.8) is 0 Å². The number of carboxylic acids is 1.